The van der Waals surface area contributed by atoms with Crippen molar-refractivity contribution in [3.05, 3.63) is 54.6 Å². The maximum Gasteiger partial charge on any atom is 0.321 e. The molecule has 2 N–H and O–H groups in total. The molecular weight excluding hydrogens is 460 g/mol. The van der Waals surface area contributed by atoms with Gasteiger partial charge in [0, 0.05) is 39.0 Å². The lowest BCUT2D eigenvalue weighted by atomic mass is 10.2. The average Bonchev–Trinajstić information content (AvgIpc) is 2.85. The summed E-state index contributed by atoms with van der Waals surface area (Å²) in [5.41, 5.74) is 0.564. The zero-order valence-corrected chi connectivity index (χ0v) is 20.1. The first-order valence-corrected chi connectivity index (χ1v) is 12.4. The lowest BCUT2D eigenvalue weighted by Crippen LogP contribution is -2.62. The molecule has 1 atom stereocenters. The average molecular weight is 491 g/mol. The molecule has 184 valence electrons. The number of methoxy groups -OCH3 is 1. The molecule has 1 heterocycles. The molecule has 0 saturated carbocycles. The van der Waals surface area contributed by atoms with Gasteiger partial charge in [-0.25, -0.2) is 13.2 Å². The van der Waals surface area contributed by atoms with Crippen LogP contribution >= 0.6 is 0 Å². The highest BCUT2D eigenvalue weighted by atomic mass is 32.2. The van der Waals surface area contributed by atoms with E-state index in [1.54, 1.807) is 42.5 Å². The standard InChI is InChI=1S/C23H30N4O6S/c1-3-33-19-11-9-18(10-12-19)25-23(29)26-14-15-27(21(17-26)22(28)24-13-16-32-2)34(30,31)20-7-5-4-6-8-20/h4-12,21H,3,13-17H2,1-2H3,(H,24,28)(H,25,29). The summed E-state index contributed by atoms with van der Waals surface area (Å²) in [5.74, 6) is 0.197. The summed E-state index contributed by atoms with van der Waals surface area (Å²) in [6, 6.07) is 13.4. The SMILES string of the molecule is CCOc1ccc(NC(=O)N2CCN(S(=O)(=O)c3ccccc3)C(C(=O)NCCOC)C2)cc1. The number of urea groups is 1. The normalized spacial score (nSPS) is 16.6. The highest BCUT2D eigenvalue weighted by Gasteiger charge is 2.41. The summed E-state index contributed by atoms with van der Waals surface area (Å²) in [7, 11) is -2.43. The van der Waals surface area contributed by atoms with E-state index in [1.807, 2.05) is 6.92 Å². The molecule has 3 rings (SSSR count). The number of piperazine rings is 1. The van der Waals surface area contributed by atoms with Crippen LogP contribution in [0.3, 0.4) is 0 Å². The highest BCUT2D eigenvalue weighted by molar-refractivity contribution is 7.89. The number of amides is 3. The van der Waals surface area contributed by atoms with E-state index in [4.69, 9.17) is 9.47 Å². The second kappa shape index (κ2) is 11.8. The molecule has 1 aliphatic rings. The zero-order chi connectivity index (χ0) is 24.6. The number of benzene rings is 2. The van der Waals surface area contributed by atoms with Gasteiger partial charge in [0.1, 0.15) is 11.8 Å². The van der Waals surface area contributed by atoms with E-state index in [-0.39, 0.29) is 37.7 Å². The minimum Gasteiger partial charge on any atom is -0.494 e. The molecule has 10 nitrogen and oxygen atoms in total. The van der Waals surface area contributed by atoms with Gasteiger partial charge in [0.2, 0.25) is 15.9 Å². The second-order valence-corrected chi connectivity index (χ2v) is 9.45. The number of ether oxygens (including phenoxy) is 2. The summed E-state index contributed by atoms with van der Waals surface area (Å²) >= 11 is 0. The largest absolute Gasteiger partial charge is 0.494 e. The van der Waals surface area contributed by atoms with Crippen LogP contribution in [0.4, 0.5) is 10.5 Å². The number of hydrogen-bond donors (Lipinski definition) is 2. The van der Waals surface area contributed by atoms with Gasteiger partial charge in [0.15, 0.2) is 0 Å². The van der Waals surface area contributed by atoms with Crippen LogP contribution in [-0.2, 0) is 19.6 Å². The molecule has 1 fully saturated rings. The van der Waals surface area contributed by atoms with Crippen molar-refractivity contribution < 1.29 is 27.5 Å². The Balaban J connectivity index is 1.76. The lowest BCUT2D eigenvalue weighted by Gasteiger charge is -2.39. The third-order valence-corrected chi connectivity index (χ3v) is 7.22. The van der Waals surface area contributed by atoms with E-state index < -0.39 is 28.0 Å². The molecule has 3 amide bonds. The van der Waals surface area contributed by atoms with Crippen LogP contribution in [0.1, 0.15) is 6.92 Å². The van der Waals surface area contributed by atoms with Gasteiger partial charge in [0.05, 0.1) is 18.1 Å². The quantitative estimate of drug-likeness (QED) is 0.518. The topological polar surface area (TPSA) is 117 Å². The van der Waals surface area contributed by atoms with Gasteiger partial charge < -0.3 is 25.0 Å². The number of nitrogens with zero attached hydrogens (tertiary/aromatic N) is 2. The van der Waals surface area contributed by atoms with Crippen molar-refractivity contribution in [3.8, 4) is 5.75 Å². The monoisotopic (exact) mass is 490 g/mol. The Morgan fingerprint density at radius 3 is 2.41 bits per heavy atom. The number of hydrogen-bond acceptors (Lipinski definition) is 6. The number of carbonyl (C=O) groups excluding carboxylic acids is 2. The molecule has 1 aliphatic heterocycles. The Kier molecular flexibility index (Phi) is 8.85. The van der Waals surface area contributed by atoms with Crippen molar-refractivity contribution in [2.24, 2.45) is 0 Å². The van der Waals surface area contributed by atoms with Crippen LogP contribution in [0.2, 0.25) is 0 Å². The van der Waals surface area contributed by atoms with E-state index in [2.05, 4.69) is 10.6 Å². The van der Waals surface area contributed by atoms with Crippen LogP contribution in [-0.4, -0.2) is 82.1 Å². The van der Waals surface area contributed by atoms with Crippen LogP contribution in [0.5, 0.6) is 5.75 Å². The van der Waals surface area contributed by atoms with Gasteiger partial charge in [-0.2, -0.15) is 4.31 Å². The van der Waals surface area contributed by atoms with E-state index >= 15 is 0 Å². The van der Waals surface area contributed by atoms with Crippen molar-refractivity contribution in [3.63, 3.8) is 0 Å². The fourth-order valence-electron chi connectivity index (χ4n) is 3.58. The first kappa shape index (κ1) is 25.5. The van der Waals surface area contributed by atoms with Gasteiger partial charge in [-0.05, 0) is 43.3 Å². The summed E-state index contributed by atoms with van der Waals surface area (Å²) < 4.78 is 38.1. The molecule has 0 aliphatic carbocycles. The predicted octanol–water partition coefficient (Wildman–Crippen LogP) is 1.75. The molecule has 0 bridgehead atoms. The van der Waals surface area contributed by atoms with Crippen molar-refractivity contribution in [1.29, 1.82) is 0 Å². The molecule has 34 heavy (non-hydrogen) atoms. The molecule has 11 heteroatoms. The van der Waals surface area contributed by atoms with E-state index in [9.17, 15) is 18.0 Å². The molecule has 0 aromatic heterocycles. The van der Waals surface area contributed by atoms with E-state index in [1.165, 1.54) is 24.1 Å². The van der Waals surface area contributed by atoms with Crippen LogP contribution in [0.25, 0.3) is 0 Å². The molecule has 1 unspecified atom stereocenters. The van der Waals surface area contributed by atoms with Crippen molar-refractivity contribution in [2.45, 2.75) is 17.9 Å². The number of sulfonamides is 1. The number of rotatable bonds is 9. The van der Waals surface area contributed by atoms with Crippen LogP contribution < -0.4 is 15.4 Å². The highest BCUT2D eigenvalue weighted by Crippen LogP contribution is 2.23. The van der Waals surface area contributed by atoms with E-state index in [0.29, 0.717) is 18.0 Å². The van der Waals surface area contributed by atoms with Crippen molar-refractivity contribution >= 4 is 27.6 Å². The molecule has 0 spiro atoms. The van der Waals surface area contributed by atoms with Gasteiger partial charge in [-0.3, -0.25) is 4.79 Å². The second-order valence-electron chi connectivity index (χ2n) is 7.56. The fraction of sp³-hybridized carbons (Fsp3) is 0.391. The third kappa shape index (κ3) is 6.25. The smallest absolute Gasteiger partial charge is 0.321 e. The van der Waals surface area contributed by atoms with Crippen LogP contribution in [0, 0.1) is 0 Å². The Labute approximate surface area is 199 Å². The maximum absolute atomic E-state index is 13.3. The maximum atomic E-state index is 13.3. The van der Waals surface area contributed by atoms with Gasteiger partial charge >= 0.3 is 6.03 Å². The van der Waals surface area contributed by atoms with Gasteiger partial charge in [-0.15, -0.1) is 0 Å². The molecule has 2 aromatic carbocycles. The number of nitrogens with one attached hydrogen (secondary N) is 2. The Hall–Kier alpha value is -3.15. The van der Waals surface area contributed by atoms with E-state index in [0.717, 1.165) is 4.31 Å². The van der Waals surface area contributed by atoms with Crippen molar-refractivity contribution in [1.82, 2.24) is 14.5 Å². The minimum absolute atomic E-state index is 0.0176. The Bertz CT molecular complexity index is 1060. The minimum atomic E-state index is -3.94. The summed E-state index contributed by atoms with van der Waals surface area (Å²) in [5, 5.41) is 5.48. The zero-order valence-electron chi connectivity index (χ0n) is 19.3. The molecule has 1 saturated heterocycles. The third-order valence-electron chi connectivity index (χ3n) is 5.29. The first-order valence-electron chi connectivity index (χ1n) is 11.0. The predicted molar refractivity (Wildman–Crippen MR) is 127 cm³/mol. The number of carbonyl (C=O) groups is 2. The molecular formula is C23H30N4O6S. The Morgan fingerprint density at radius 1 is 1.06 bits per heavy atom. The molecule has 0 radical (unpaired) electrons. The van der Waals surface area contributed by atoms with Crippen LogP contribution in [0.15, 0.2) is 59.5 Å². The summed E-state index contributed by atoms with van der Waals surface area (Å²) in [4.78, 5) is 27.4. The number of anilines is 1. The summed E-state index contributed by atoms with van der Waals surface area (Å²) in [6.45, 7) is 2.96. The first-order chi connectivity index (χ1) is 16.4. The summed E-state index contributed by atoms with van der Waals surface area (Å²) in [6.07, 6.45) is 0. The van der Waals surface area contributed by atoms with Gasteiger partial charge in [0.25, 0.3) is 0 Å². The lowest BCUT2D eigenvalue weighted by molar-refractivity contribution is -0.126. The van der Waals surface area contributed by atoms with Crippen molar-refractivity contribution in [2.75, 3.05) is 51.8 Å². The molecule has 2 aromatic rings. The Morgan fingerprint density at radius 2 is 1.76 bits per heavy atom. The van der Waals surface area contributed by atoms with Gasteiger partial charge in [-0.1, -0.05) is 18.2 Å². The fourth-order valence-corrected chi connectivity index (χ4v) is 5.17.